The molecule has 4 rings (SSSR count). The Bertz CT molecular complexity index is 965. The van der Waals surface area contributed by atoms with Gasteiger partial charge in [0.2, 0.25) is 5.91 Å². The van der Waals surface area contributed by atoms with Gasteiger partial charge < -0.3 is 14.1 Å². The van der Waals surface area contributed by atoms with E-state index >= 15 is 0 Å². The molecule has 1 aromatic heterocycles. The van der Waals surface area contributed by atoms with Gasteiger partial charge in [0.15, 0.2) is 0 Å². The Hall–Kier alpha value is -2.38. The summed E-state index contributed by atoms with van der Waals surface area (Å²) in [7, 11) is 0. The second-order valence-electron chi connectivity index (χ2n) is 8.67. The third-order valence-corrected chi connectivity index (χ3v) is 6.45. The largest absolute Gasteiger partial charge is 0.494 e. The number of piperazine rings is 1. The molecule has 0 unspecified atom stereocenters. The van der Waals surface area contributed by atoms with E-state index < -0.39 is 0 Å². The monoisotopic (exact) mass is 427 g/mol. The molecule has 31 heavy (non-hydrogen) atoms. The van der Waals surface area contributed by atoms with Gasteiger partial charge in [-0.15, -0.1) is 0 Å². The van der Waals surface area contributed by atoms with Crippen LogP contribution >= 0.6 is 0 Å². The molecule has 0 saturated carbocycles. The zero-order chi connectivity index (χ0) is 21.8. The van der Waals surface area contributed by atoms with Crippen molar-refractivity contribution < 1.29 is 13.9 Å². The van der Waals surface area contributed by atoms with Crippen molar-refractivity contribution in [1.29, 1.82) is 0 Å². The van der Waals surface area contributed by atoms with Crippen LogP contribution in [-0.2, 0) is 11.3 Å². The molecule has 3 heterocycles. The average Bonchev–Trinajstić information content (AvgIpc) is 2.76. The fraction of sp³-hybridized carbons (Fsp3) is 0.583. The Morgan fingerprint density at radius 2 is 1.87 bits per heavy atom. The van der Waals surface area contributed by atoms with Gasteiger partial charge in [0.25, 0.3) is 0 Å². The number of fused-ring (bicyclic) bond motifs is 1. The maximum absolute atomic E-state index is 12.7. The van der Waals surface area contributed by atoms with Gasteiger partial charge in [-0.05, 0) is 56.9 Å². The van der Waals surface area contributed by atoms with E-state index in [9.17, 15) is 9.59 Å². The summed E-state index contributed by atoms with van der Waals surface area (Å²) in [4.78, 5) is 31.4. The zero-order valence-electron chi connectivity index (χ0n) is 18.6. The highest BCUT2D eigenvalue weighted by atomic mass is 16.5. The lowest BCUT2D eigenvalue weighted by Gasteiger charge is -2.38. The van der Waals surface area contributed by atoms with Gasteiger partial charge in [-0.3, -0.25) is 14.6 Å². The van der Waals surface area contributed by atoms with Crippen molar-refractivity contribution in [1.82, 2.24) is 14.7 Å². The van der Waals surface area contributed by atoms with Crippen LogP contribution in [0.15, 0.2) is 33.5 Å². The number of likely N-dealkylation sites (tertiary alicyclic amines) is 1. The number of nitrogens with zero attached hydrogens (tertiary/aromatic N) is 3. The molecule has 1 aromatic carbocycles. The summed E-state index contributed by atoms with van der Waals surface area (Å²) in [5.74, 6) is 1.04. The molecule has 0 bridgehead atoms. The second kappa shape index (κ2) is 9.83. The molecular weight excluding hydrogens is 394 g/mol. The Balaban J connectivity index is 1.37. The molecule has 1 atom stereocenters. The Morgan fingerprint density at radius 1 is 1.10 bits per heavy atom. The fourth-order valence-electron chi connectivity index (χ4n) is 4.69. The van der Waals surface area contributed by atoms with Crippen LogP contribution in [0.3, 0.4) is 0 Å². The Labute approximate surface area is 183 Å². The quantitative estimate of drug-likeness (QED) is 0.661. The molecule has 0 spiro atoms. The smallest absolute Gasteiger partial charge is 0.336 e. The van der Waals surface area contributed by atoms with Crippen LogP contribution in [0.1, 0.15) is 38.7 Å². The molecule has 0 aliphatic carbocycles. The number of benzene rings is 1. The molecule has 2 fully saturated rings. The number of ether oxygens (including phenoxy) is 1. The highest BCUT2D eigenvalue weighted by Gasteiger charge is 2.26. The van der Waals surface area contributed by atoms with E-state index in [4.69, 9.17) is 9.15 Å². The lowest BCUT2D eigenvalue weighted by atomic mass is 10.0. The number of carbonyl (C=O) groups is 1. The third-order valence-electron chi connectivity index (χ3n) is 6.45. The minimum atomic E-state index is -0.327. The maximum Gasteiger partial charge on any atom is 0.336 e. The van der Waals surface area contributed by atoms with E-state index in [1.54, 1.807) is 12.1 Å². The summed E-state index contributed by atoms with van der Waals surface area (Å²) in [5, 5.41) is 0.919. The SMILES string of the molecule is CCOc1ccc2oc(=O)cc(CN3CCN(CC(=O)N4CCCC[C@@H]4C)CC3)c2c1. The minimum absolute atomic E-state index is 0.260. The topological polar surface area (TPSA) is 66.2 Å². The first-order chi connectivity index (χ1) is 15.0. The standard InChI is InChI=1S/C24H33N3O4/c1-3-30-20-7-8-22-21(15-20)19(14-24(29)31-22)16-25-10-12-26(13-11-25)17-23(28)27-9-5-4-6-18(27)2/h7-8,14-15,18H,3-6,9-13,16-17H2,1-2H3/t18-/m0/s1. The molecule has 1 amide bonds. The predicted molar refractivity (Wildman–Crippen MR) is 120 cm³/mol. The molecule has 2 aliphatic rings. The molecule has 2 aliphatic heterocycles. The van der Waals surface area contributed by atoms with E-state index in [1.807, 2.05) is 19.1 Å². The van der Waals surface area contributed by atoms with E-state index in [-0.39, 0.29) is 11.5 Å². The van der Waals surface area contributed by atoms with Gasteiger partial charge in [0.05, 0.1) is 13.2 Å². The zero-order valence-corrected chi connectivity index (χ0v) is 18.6. The summed E-state index contributed by atoms with van der Waals surface area (Å²) in [5.41, 5.74) is 1.22. The lowest BCUT2D eigenvalue weighted by molar-refractivity contribution is -0.136. The Morgan fingerprint density at radius 3 is 2.61 bits per heavy atom. The van der Waals surface area contributed by atoms with Gasteiger partial charge >= 0.3 is 5.63 Å². The number of rotatable bonds is 6. The first kappa shape index (κ1) is 21.8. The molecule has 168 valence electrons. The molecule has 2 aromatic rings. The average molecular weight is 428 g/mol. The van der Waals surface area contributed by atoms with Crippen molar-refractivity contribution in [2.45, 2.75) is 45.7 Å². The van der Waals surface area contributed by atoms with Gasteiger partial charge in [0, 0.05) is 56.8 Å². The number of hydrogen-bond acceptors (Lipinski definition) is 6. The van der Waals surface area contributed by atoms with E-state index in [1.165, 1.54) is 6.42 Å². The predicted octanol–water partition coefficient (Wildman–Crippen LogP) is 2.71. The minimum Gasteiger partial charge on any atom is -0.494 e. The molecule has 7 nitrogen and oxygen atoms in total. The molecule has 0 radical (unpaired) electrons. The lowest BCUT2D eigenvalue weighted by Crippen LogP contribution is -2.51. The molecular formula is C24H33N3O4. The van der Waals surface area contributed by atoms with Gasteiger partial charge in [0.1, 0.15) is 11.3 Å². The molecule has 7 heteroatoms. The van der Waals surface area contributed by atoms with Crippen LogP contribution in [0.25, 0.3) is 11.0 Å². The molecule has 2 saturated heterocycles. The first-order valence-corrected chi connectivity index (χ1v) is 11.5. The fourth-order valence-corrected chi connectivity index (χ4v) is 4.69. The van der Waals surface area contributed by atoms with Crippen molar-refractivity contribution in [2.24, 2.45) is 0 Å². The summed E-state index contributed by atoms with van der Waals surface area (Å²) in [6, 6.07) is 7.54. The van der Waals surface area contributed by atoms with E-state index in [0.717, 1.165) is 62.3 Å². The van der Waals surface area contributed by atoms with Crippen molar-refractivity contribution >= 4 is 16.9 Å². The summed E-state index contributed by atoms with van der Waals surface area (Å²) >= 11 is 0. The Kier molecular flexibility index (Phi) is 6.92. The highest BCUT2D eigenvalue weighted by molar-refractivity contribution is 5.81. The summed E-state index contributed by atoms with van der Waals surface area (Å²) in [6.45, 7) is 10.2. The normalized spacial score (nSPS) is 20.8. The van der Waals surface area contributed by atoms with Crippen LogP contribution in [0.4, 0.5) is 0 Å². The van der Waals surface area contributed by atoms with Crippen molar-refractivity contribution in [3.8, 4) is 5.75 Å². The number of piperidine rings is 1. The van der Waals surface area contributed by atoms with Crippen molar-refractivity contribution in [2.75, 3.05) is 45.9 Å². The number of amides is 1. The number of hydrogen-bond donors (Lipinski definition) is 0. The third kappa shape index (κ3) is 5.28. The van der Waals surface area contributed by atoms with Gasteiger partial charge in [-0.25, -0.2) is 4.79 Å². The first-order valence-electron chi connectivity index (χ1n) is 11.5. The maximum atomic E-state index is 12.7. The van der Waals surface area contributed by atoms with Crippen LogP contribution < -0.4 is 10.4 Å². The van der Waals surface area contributed by atoms with Crippen molar-refractivity contribution in [3.05, 3.63) is 40.2 Å². The summed E-state index contributed by atoms with van der Waals surface area (Å²) < 4.78 is 11.0. The number of carbonyl (C=O) groups excluding carboxylic acids is 1. The molecule has 0 N–H and O–H groups in total. The van der Waals surface area contributed by atoms with Crippen LogP contribution in [0, 0.1) is 0 Å². The highest BCUT2D eigenvalue weighted by Crippen LogP contribution is 2.24. The van der Waals surface area contributed by atoms with E-state index in [0.29, 0.717) is 31.3 Å². The van der Waals surface area contributed by atoms with Crippen LogP contribution in [0.2, 0.25) is 0 Å². The van der Waals surface area contributed by atoms with Crippen LogP contribution in [0.5, 0.6) is 5.75 Å². The van der Waals surface area contributed by atoms with Crippen LogP contribution in [-0.4, -0.2) is 72.5 Å². The van der Waals surface area contributed by atoms with E-state index in [2.05, 4.69) is 21.6 Å². The van der Waals surface area contributed by atoms with Gasteiger partial charge in [-0.2, -0.15) is 0 Å². The summed E-state index contributed by atoms with van der Waals surface area (Å²) in [6.07, 6.45) is 3.46. The van der Waals surface area contributed by atoms with Gasteiger partial charge in [-0.1, -0.05) is 0 Å². The second-order valence-corrected chi connectivity index (χ2v) is 8.67. The van der Waals surface area contributed by atoms with Crippen molar-refractivity contribution in [3.63, 3.8) is 0 Å².